The van der Waals surface area contributed by atoms with Crippen LogP contribution in [0.25, 0.3) is 0 Å². The molecule has 2 amide bonds. The van der Waals surface area contributed by atoms with Gasteiger partial charge in [0.2, 0.25) is 11.8 Å². The Kier molecular flexibility index (Phi) is 4.92. The molecule has 24 heavy (non-hydrogen) atoms. The number of esters is 1. The van der Waals surface area contributed by atoms with E-state index < -0.39 is 5.97 Å². The monoisotopic (exact) mass is 367 g/mol. The van der Waals surface area contributed by atoms with Gasteiger partial charge in [-0.25, -0.2) is 0 Å². The lowest BCUT2D eigenvalue weighted by molar-refractivity contribution is -0.153. The van der Waals surface area contributed by atoms with Gasteiger partial charge in [-0.1, -0.05) is 41.4 Å². The predicted octanol–water partition coefficient (Wildman–Crippen LogP) is 2.99. The fraction of sp³-hybridized carbons (Fsp3) is 0.353. The summed E-state index contributed by atoms with van der Waals surface area (Å²) in [5, 5.41) is 0.780. The molecule has 0 spiro atoms. The van der Waals surface area contributed by atoms with Crippen molar-refractivity contribution in [2.75, 3.05) is 6.54 Å². The number of imide groups is 1. The number of hydrogen-bond acceptors (Lipinski definition) is 4. The van der Waals surface area contributed by atoms with Gasteiger partial charge < -0.3 is 4.74 Å². The molecule has 0 unspecified atom stereocenters. The molecule has 1 aromatic rings. The standard InChI is InChI=1S/C17H15Cl2NO4/c18-13-6-5-10(7-14(13)19)9-24-15(21)8-20-16(22)11-3-1-2-4-12(11)17(20)23/h1-2,5-7,11-12H,3-4,8-9H2/t11-,12+. The number of fused-ring (bicyclic) bond motifs is 1. The van der Waals surface area contributed by atoms with Crippen molar-refractivity contribution < 1.29 is 19.1 Å². The number of ether oxygens (including phenoxy) is 1. The van der Waals surface area contributed by atoms with E-state index in [0.29, 0.717) is 28.5 Å². The van der Waals surface area contributed by atoms with Crippen molar-refractivity contribution in [2.45, 2.75) is 19.4 Å². The number of benzene rings is 1. The molecule has 3 rings (SSSR count). The molecule has 0 aromatic heterocycles. The van der Waals surface area contributed by atoms with E-state index in [1.807, 2.05) is 12.2 Å². The van der Waals surface area contributed by atoms with E-state index in [1.54, 1.807) is 18.2 Å². The predicted molar refractivity (Wildman–Crippen MR) is 88.3 cm³/mol. The molecular weight excluding hydrogens is 353 g/mol. The van der Waals surface area contributed by atoms with E-state index in [1.165, 1.54) is 0 Å². The van der Waals surface area contributed by atoms with Gasteiger partial charge in [-0.05, 0) is 30.5 Å². The first-order chi connectivity index (χ1) is 11.5. The number of nitrogens with zero attached hydrogens (tertiary/aromatic N) is 1. The minimum atomic E-state index is -0.630. The van der Waals surface area contributed by atoms with Crippen LogP contribution in [0.15, 0.2) is 30.4 Å². The van der Waals surface area contributed by atoms with Crippen molar-refractivity contribution in [3.8, 4) is 0 Å². The molecule has 1 fully saturated rings. The van der Waals surface area contributed by atoms with E-state index in [9.17, 15) is 14.4 Å². The normalized spacial score (nSPS) is 22.7. The van der Waals surface area contributed by atoms with Gasteiger partial charge in [0.15, 0.2) is 0 Å². The number of amides is 2. The van der Waals surface area contributed by atoms with Crippen molar-refractivity contribution in [2.24, 2.45) is 11.8 Å². The highest BCUT2D eigenvalue weighted by atomic mass is 35.5. The molecule has 1 aromatic carbocycles. The summed E-state index contributed by atoms with van der Waals surface area (Å²) >= 11 is 11.7. The Morgan fingerprint density at radius 2 is 1.71 bits per heavy atom. The molecule has 1 heterocycles. The summed E-state index contributed by atoms with van der Waals surface area (Å²) in [6.45, 7) is -0.355. The van der Waals surface area contributed by atoms with Gasteiger partial charge in [0.05, 0.1) is 21.9 Å². The number of allylic oxidation sites excluding steroid dienone is 2. The molecule has 0 N–H and O–H groups in total. The molecule has 1 aliphatic heterocycles. The maximum atomic E-state index is 12.3. The van der Waals surface area contributed by atoms with Crippen LogP contribution < -0.4 is 0 Å². The van der Waals surface area contributed by atoms with Crippen LogP contribution in [0, 0.1) is 11.8 Å². The highest BCUT2D eigenvalue weighted by Gasteiger charge is 2.47. The molecule has 126 valence electrons. The smallest absolute Gasteiger partial charge is 0.326 e. The number of carbonyl (C=O) groups is 3. The summed E-state index contributed by atoms with van der Waals surface area (Å²) < 4.78 is 5.13. The number of hydrogen-bond donors (Lipinski definition) is 0. The number of rotatable bonds is 4. The SMILES string of the molecule is O=C(CN1C(=O)[C@H]2CC=CC[C@H]2C1=O)OCc1ccc(Cl)c(Cl)c1. The minimum absolute atomic E-state index is 0.000353. The quantitative estimate of drug-likeness (QED) is 0.466. The van der Waals surface area contributed by atoms with Crippen LogP contribution in [0.2, 0.25) is 10.0 Å². The van der Waals surface area contributed by atoms with Gasteiger partial charge in [-0.15, -0.1) is 0 Å². The third kappa shape index (κ3) is 3.32. The summed E-state index contributed by atoms with van der Waals surface area (Å²) in [5.74, 6) is -1.90. The second kappa shape index (κ2) is 6.95. The lowest BCUT2D eigenvalue weighted by Gasteiger charge is -2.14. The third-order valence-corrected chi connectivity index (χ3v) is 5.01. The van der Waals surface area contributed by atoms with Gasteiger partial charge in [0, 0.05) is 0 Å². The number of halogens is 2. The molecule has 2 atom stereocenters. The van der Waals surface area contributed by atoms with Crippen LogP contribution in [0.1, 0.15) is 18.4 Å². The zero-order valence-corrected chi connectivity index (χ0v) is 14.2. The molecule has 7 heteroatoms. The lowest BCUT2D eigenvalue weighted by Crippen LogP contribution is -2.36. The molecular formula is C17H15Cl2NO4. The molecule has 0 saturated carbocycles. The fourth-order valence-corrected chi connectivity index (χ4v) is 3.31. The molecule has 2 aliphatic rings. The summed E-state index contributed by atoms with van der Waals surface area (Å²) in [7, 11) is 0. The second-order valence-corrected chi connectivity index (χ2v) is 6.64. The van der Waals surface area contributed by atoms with Gasteiger partial charge in [-0.3, -0.25) is 19.3 Å². The van der Waals surface area contributed by atoms with Crippen LogP contribution in [0.5, 0.6) is 0 Å². The van der Waals surface area contributed by atoms with Crippen LogP contribution in [-0.2, 0) is 25.7 Å². The van der Waals surface area contributed by atoms with E-state index >= 15 is 0 Å². The first-order valence-electron chi connectivity index (χ1n) is 7.57. The van der Waals surface area contributed by atoms with E-state index in [0.717, 1.165) is 4.90 Å². The van der Waals surface area contributed by atoms with Crippen molar-refractivity contribution in [1.29, 1.82) is 0 Å². The topological polar surface area (TPSA) is 63.7 Å². The zero-order chi connectivity index (χ0) is 17.3. The number of carbonyl (C=O) groups excluding carboxylic acids is 3. The number of likely N-dealkylation sites (tertiary alicyclic amines) is 1. The third-order valence-electron chi connectivity index (χ3n) is 4.27. The average molecular weight is 368 g/mol. The fourth-order valence-electron chi connectivity index (χ4n) is 2.99. The van der Waals surface area contributed by atoms with E-state index in [4.69, 9.17) is 27.9 Å². The molecule has 0 radical (unpaired) electrons. The van der Waals surface area contributed by atoms with Crippen LogP contribution in [-0.4, -0.2) is 29.2 Å². The Morgan fingerprint density at radius 3 is 2.29 bits per heavy atom. The molecule has 0 bridgehead atoms. The molecule has 1 aliphatic carbocycles. The van der Waals surface area contributed by atoms with Crippen molar-refractivity contribution in [1.82, 2.24) is 4.90 Å². The summed E-state index contributed by atoms with van der Waals surface area (Å²) in [5.41, 5.74) is 0.676. The Balaban J connectivity index is 1.58. The Labute approximate surface area is 149 Å². The highest BCUT2D eigenvalue weighted by molar-refractivity contribution is 6.42. The average Bonchev–Trinajstić information content (AvgIpc) is 2.81. The maximum Gasteiger partial charge on any atom is 0.326 e. The van der Waals surface area contributed by atoms with Crippen LogP contribution in [0.3, 0.4) is 0 Å². The van der Waals surface area contributed by atoms with Crippen molar-refractivity contribution in [3.63, 3.8) is 0 Å². The van der Waals surface area contributed by atoms with E-state index in [-0.39, 0.29) is 36.8 Å². The van der Waals surface area contributed by atoms with Crippen LogP contribution >= 0.6 is 23.2 Å². The van der Waals surface area contributed by atoms with Crippen LogP contribution in [0.4, 0.5) is 0 Å². The van der Waals surface area contributed by atoms with Crippen molar-refractivity contribution >= 4 is 41.0 Å². The summed E-state index contributed by atoms with van der Waals surface area (Å²) in [6, 6.07) is 4.90. The molecule has 5 nitrogen and oxygen atoms in total. The van der Waals surface area contributed by atoms with Gasteiger partial charge in [0.1, 0.15) is 13.2 Å². The summed E-state index contributed by atoms with van der Waals surface area (Å²) in [4.78, 5) is 37.5. The first kappa shape index (κ1) is 17.0. The maximum absolute atomic E-state index is 12.3. The van der Waals surface area contributed by atoms with Gasteiger partial charge >= 0.3 is 5.97 Å². The van der Waals surface area contributed by atoms with Gasteiger partial charge in [0.25, 0.3) is 0 Å². The van der Waals surface area contributed by atoms with E-state index in [2.05, 4.69) is 0 Å². The molecule has 1 saturated heterocycles. The minimum Gasteiger partial charge on any atom is -0.459 e. The first-order valence-corrected chi connectivity index (χ1v) is 8.32. The largest absolute Gasteiger partial charge is 0.459 e. The highest BCUT2D eigenvalue weighted by Crippen LogP contribution is 2.34. The summed E-state index contributed by atoms with van der Waals surface area (Å²) in [6.07, 6.45) is 4.89. The lowest BCUT2D eigenvalue weighted by atomic mass is 9.85. The van der Waals surface area contributed by atoms with Gasteiger partial charge in [-0.2, -0.15) is 0 Å². The Hall–Kier alpha value is -1.85. The van der Waals surface area contributed by atoms with Crippen molar-refractivity contribution in [3.05, 3.63) is 46.0 Å². The Morgan fingerprint density at radius 1 is 1.08 bits per heavy atom. The Bertz CT molecular complexity index is 705. The second-order valence-electron chi connectivity index (χ2n) is 5.83. The zero-order valence-electron chi connectivity index (χ0n) is 12.7.